The van der Waals surface area contributed by atoms with Crippen LogP contribution in [-0.2, 0) is 16.0 Å². The van der Waals surface area contributed by atoms with Crippen molar-refractivity contribution in [3.05, 3.63) is 34.9 Å². The van der Waals surface area contributed by atoms with Crippen LogP contribution in [0.2, 0.25) is 5.02 Å². The van der Waals surface area contributed by atoms with Crippen molar-refractivity contribution in [2.24, 2.45) is 4.99 Å². The van der Waals surface area contributed by atoms with Crippen molar-refractivity contribution in [1.82, 2.24) is 15.5 Å². The average Bonchev–Trinajstić information content (AvgIpc) is 2.57. The molecular weight excluding hydrogens is 328 g/mol. The van der Waals surface area contributed by atoms with E-state index in [9.17, 15) is 9.59 Å². The van der Waals surface area contributed by atoms with Crippen molar-refractivity contribution in [2.45, 2.75) is 25.7 Å². The van der Waals surface area contributed by atoms with Gasteiger partial charge in [0, 0.05) is 44.5 Å². The molecule has 0 saturated carbocycles. The van der Waals surface area contributed by atoms with Crippen molar-refractivity contribution in [1.29, 1.82) is 0 Å². The third-order valence-corrected chi connectivity index (χ3v) is 4.25. The molecule has 2 amide bonds. The van der Waals surface area contributed by atoms with Gasteiger partial charge in [-0.2, -0.15) is 0 Å². The number of carbonyl (C=O) groups is 2. The fourth-order valence-corrected chi connectivity index (χ4v) is 2.80. The molecule has 6 nitrogen and oxygen atoms in total. The first-order valence-electron chi connectivity index (χ1n) is 8.13. The molecule has 1 aliphatic heterocycles. The number of halogens is 1. The molecule has 2 N–H and O–H groups in total. The highest BCUT2D eigenvalue weighted by atomic mass is 35.5. The molecule has 0 aliphatic carbocycles. The number of piperidine rings is 1. The number of guanidine groups is 1. The van der Waals surface area contributed by atoms with E-state index in [0.29, 0.717) is 44.9 Å². The Morgan fingerprint density at radius 2 is 1.83 bits per heavy atom. The van der Waals surface area contributed by atoms with E-state index in [1.165, 1.54) is 4.90 Å². The quantitative estimate of drug-likeness (QED) is 0.464. The molecule has 1 heterocycles. The topological polar surface area (TPSA) is 73.8 Å². The number of nitrogens with zero attached hydrogens (tertiary/aromatic N) is 2. The largest absolute Gasteiger partial charge is 0.356 e. The number of amides is 2. The number of nitrogens with one attached hydrogen (secondary N) is 2. The number of hydrogen-bond donors (Lipinski definition) is 2. The van der Waals surface area contributed by atoms with Gasteiger partial charge in [0.25, 0.3) is 0 Å². The second-order valence-electron chi connectivity index (χ2n) is 5.56. The summed E-state index contributed by atoms with van der Waals surface area (Å²) in [7, 11) is 1.68. The molecule has 0 bridgehead atoms. The number of rotatable bonds is 6. The Balaban J connectivity index is 1.72. The van der Waals surface area contributed by atoms with E-state index < -0.39 is 0 Å². The van der Waals surface area contributed by atoms with Gasteiger partial charge in [-0.05, 0) is 24.5 Å². The first-order valence-corrected chi connectivity index (χ1v) is 8.50. The highest BCUT2D eigenvalue weighted by Gasteiger charge is 2.25. The fraction of sp³-hybridized carbons (Fsp3) is 0.471. The van der Waals surface area contributed by atoms with Gasteiger partial charge in [0.05, 0.1) is 0 Å². The van der Waals surface area contributed by atoms with E-state index in [0.717, 1.165) is 17.0 Å². The maximum atomic E-state index is 11.7. The Kier molecular flexibility index (Phi) is 7.06. The Morgan fingerprint density at radius 3 is 2.50 bits per heavy atom. The number of likely N-dealkylation sites (tertiary alicyclic amines) is 1. The van der Waals surface area contributed by atoms with E-state index in [-0.39, 0.29) is 11.8 Å². The monoisotopic (exact) mass is 350 g/mol. The van der Waals surface area contributed by atoms with Crippen molar-refractivity contribution in [3.8, 4) is 0 Å². The fourth-order valence-electron chi connectivity index (χ4n) is 2.57. The molecule has 1 aromatic carbocycles. The standard InChI is InChI=1S/C17H23ClN4O2/c1-19-17(20-10-9-13-5-2-3-6-14(13)18)21-11-12-22-15(23)7-4-8-16(22)24/h2-3,5-6H,4,7-12H2,1H3,(H2,19,20,21). The summed E-state index contributed by atoms with van der Waals surface area (Å²) in [4.78, 5) is 28.9. The van der Waals surface area contributed by atoms with Gasteiger partial charge in [-0.25, -0.2) is 0 Å². The smallest absolute Gasteiger partial charge is 0.229 e. The summed E-state index contributed by atoms with van der Waals surface area (Å²) in [5.74, 6) is 0.461. The van der Waals surface area contributed by atoms with Gasteiger partial charge in [-0.1, -0.05) is 29.8 Å². The average molecular weight is 351 g/mol. The summed E-state index contributed by atoms with van der Waals surface area (Å²) in [6, 6.07) is 7.73. The van der Waals surface area contributed by atoms with Crippen molar-refractivity contribution in [2.75, 3.05) is 26.7 Å². The molecule has 1 saturated heterocycles. The maximum Gasteiger partial charge on any atom is 0.229 e. The number of hydrogen-bond acceptors (Lipinski definition) is 3. The lowest BCUT2D eigenvalue weighted by Gasteiger charge is -2.25. The van der Waals surface area contributed by atoms with Gasteiger partial charge in [-0.15, -0.1) is 0 Å². The second kappa shape index (κ2) is 9.27. The molecule has 0 spiro atoms. The van der Waals surface area contributed by atoms with E-state index in [2.05, 4.69) is 15.6 Å². The van der Waals surface area contributed by atoms with Crippen LogP contribution in [0.15, 0.2) is 29.3 Å². The number of benzene rings is 1. The lowest BCUT2D eigenvalue weighted by Crippen LogP contribution is -2.46. The highest BCUT2D eigenvalue weighted by molar-refractivity contribution is 6.31. The van der Waals surface area contributed by atoms with E-state index in [4.69, 9.17) is 11.6 Å². The summed E-state index contributed by atoms with van der Waals surface area (Å²) in [6.07, 6.45) is 2.35. The number of aliphatic imine (C=N–C) groups is 1. The molecule has 0 atom stereocenters. The van der Waals surface area contributed by atoms with Crippen LogP contribution in [0, 0.1) is 0 Å². The van der Waals surface area contributed by atoms with Crippen molar-refractivity contribution < 1.29 is 9.59 Å². The third kappa shape index (κ3) is 5.23. The van der Waals surface area contributed by atoms with Crippen molar-refractivity contribution in [3.63, 3.8) is 0 Å². The molecule has 24 heavy (non-hydrogen) atoms. The zero-order valence-corrected chi connectivity index (χ0v) is 14.6. The molecule has 0 aromatic heterocycles. The number of imide groups is 1. The molecule has 7 heteroatoms. The Bertz CT molecular complexity index is 602. The first-order chi connectivity index (χ1) is 11.6. The molecular formula is C17H23ClN4O2. The van der Waals surface area contributed by atoms with Gasteiger partial charge >= 0.3 is 0 Å². The van der Waals surface area contributed by atoms with Crippen LogP contribution >= 0.6 is 11.6 Å². The molecule has 1 aliphatic rings. The third-order valence-electron chi connectivity index (χ3n) is 3.88. The van der Waals surface area contributed by atoms with Gasteiger partial charge in [0.2, 0.25) is 11.8 Å². The normalized spacial score (nSPS) is 15.6. The summed E-state index contributed by atoms with van der Waals surface area (Å²) in [6.45, 7) is 1.52. The molecule has 130 valence electrons. The predicted octanol–water partition coefficient (Wildman–Crippen LogP) is 1.59. The minimum Gasteiger partial charge on any atom is -0.356 e. The van der Waals surface area contributed by atoms with E-state index in [1.54, 1.807) is 7.05 Å². The van der Waals surface area contributed by atoms with Gasteiger partial charge in [0.1, 0.15) is 0 Å². The lowest BCUT2D eigenvalue weighted by atomic mass is 10.1. The van der Waals surface area contributed by atoms with Crippen LogP contribution in [0.5, 0.6) is 0 Å². The Labute approximate surface area is 147 Å². The molecule has 1 fully saturated rings. The first kappa shape index (κ1) is 18.3. The summed E-state index contributed by atoms with van der Waals surface area (Å²) >= 11 is 6.13. The molecule has 1 aromatic rings. The highest BCUT2D eigenvalue weighted by Crippen LogP contribution is 2.14. The lowest BCUT2D eigenvalue weighted by molar-refractivity contribution is -0.147. The van der Waals surface area contributed by atoms with Gasteiger partial charge in [-0.3, -0.25) is 19.5 Å². The van der Waals surface area contributed by atoms with Crippen LogP contribution < -0.4 is 10.6 Å². The van der Waals surface area contributed by atoms with Crippen LogP contribution in [0.3, 0.4) is 0 Å². The minimum atomic E-state index is -0.0882. The van der Waals surface area contributed by atoms with Crippen LogP contribution in [0.4, 0.5) is 0 Å². The van der Waals surface area contributed by atoms with Crippen LogP contribution in [-0.4, -0.2) is 49.4 Å². The zero-order valence-electron chi connectivity index (χ0n) is 13.8. The van der Waals surface area contributed by atoms with Crippen molar-refractivity contribution >= 4 is 29.4 Å². The minimum absolute atomic E-state index is 0.0882. The van der Waals surface area contributed by atoms with Crippen LogP contribution in [0.25, 0.3) is 0 Å². The predicted molar refractivity (Wildman–Crippen MR) is 95.1 cm³/mol. The Morgan fingerprint density at radius 1 is 1.17 bits per heavy atom. The summed E-state index contributed by atoms with van der Waals surface area (Å²) in [5.41, 5.74) is 1.08. The maximum absolute atomic E-state index is 11.7. The molecule has 0 unspecified atom stereocenters. The SMILES string of the molecule is CN=C(NCCc1ccccc1Cl)NCCN1C(=O)CCCC1=O. The van der Waals surface area contributed by atoms with E-state index in [1.807, 2.05) is 24.3 Å². The molecule has 2 rings (SSSR count). The second-order valence-corrected chi connectivity index (χ2v) is 5.97. The number of carbonyl (C=O) groups excluding carboxylic acids is 2. The Hall–Kier alpha value is -2.08. The van der Waals surface area contributed by atoms with Gasteiger partial charge < -0.3 is 10.6 Å². The summed E-state index contributed by atoms with van der Waals surface area (Å²) in [5, 5.41) is 7.07. The summed E-state index contributed by atoms with van der Waals surface area (Å²) < 4.78 is 0. The zero-order chi connectivity index (χ0) is 17.4. The van der Waals surface area contributed by atoms with Crippen LogP contribution in [0.1, 0.15) is 24.8 Å². The van der Waals surface area contributed by atoms with Gasteiger partial charge in [0.15, 0.2) is 5.96 Å². The van der Waals surface area contributed by atoms with E-state index >= 15 is 0 Å². The molecule has 0 radical (unpaired) electrons.